The monoisotopic (exact) mass is 375 g/mol. The Bertz CT molecular complexity index is 608. The van der Waals surface area contributed by atoms with Crippen LogP contribution in [0.15, 0.2) is 24.3 Å². The van der Waals surface area contributed by atoms with E-state index in [0.29, 0.717) is 12.2 Å². The average molecular weight is 376 g/mol. The lowest BCUT2D eigenvalue weighted by atomic mass is 10.00. The van der Waals surface area contributed by atoms with Gasteiger partial charge < -0.3 is 20.3 Å². The van der Waals surface area contributed by atoms with E-state index in [4.69, 9.17) is 4.74 Å². The zero-order valence-corrected chi connectivity index (χ0v) is 17.0. The normalized spacial score (nSPS) is 16.8. The standard InChI is InChI=1S/C21H33N3O3/c1-5-24-13-11-17(12-14-24)22-21(26)19(15(3)4)23-20(25)16-7-9-18(10-8-16)27-6-2/h7-10,15,17,19H,5-6,11-14H2,1-4H3,(H,22,26)(H,23,25)/t19-/m1/s1. The van der Waals surface area contributed by atoms with Gasteiger partial charge in [-0.3, -0.25) is 9.59 Å². The molecule has 1 fully saturated rings. The van der Waals surface area contributed by atoms with Crippen molar-refractivity contribution in [3.63, 3.8) is 0 Å². The van der Waals surface area contributed by atoms with Crippen LogP contribution in [0.4, 0.5) is 0 Å². The highest BCUT2D eigenvalue weighted by atomic mass is 16.5. The van der Waals surface area contributed by atoms with Crippen molar-refractivity contribution in [1.29, 1.82) is 0 Å². The highest BCUT2D eigenvalue weighted by molar-refractivity contribution is 5.97. The van der Waals surface area contributed by atoms with Crippen molar-refractivity contribution in [2.45, 2.75) is 52.6 Å². The third-order valence-electron chi connectivity index (χ3n) is 5.04. The Labute approximate surface area is 162 Å². The number of nitrogens with zero attached hydrogens (tertiary/aromatic N) is 1. The minimum atomic E-state index is -0.548. The molecule has 0 radical (unpaired) electrons. The van der Waals surface area contributed by atoms with Gasteiger partial charge in [0.1, 0.15) is 11.8 Å². The van der Waals surface area contributed by atoms with Crippen LogP contribution in [0.2, 0.25) is 0 Å². The molecule has 0 bridgehead atoms. The van der Waals surface area contributed by atoms with Crippen molar-refractivity contribution in [1.82, 2.24) is 15.5 Å². The Morgan fingerprint density at radius 1 is 1.15 bits per heavy atom. The minimum absolute atomic E-state index is 0.00683. The molecule has 1 aliphatic rings. The largest absolute Gasteiger partial charge is 0.494 e. The summed E-state index contributed by atoms with van der Waals surface area (Å²) in [5.41, 5.74) is 0.521. The third-order valence-corrected chi connectivity index (χ3v) is 5.04. The lowest BCUT2D eigenvalue weighted by Crippen LogP contribution is -2.54. The van der Waals surface area contributed by atoms with Crippen LogP contribution in [-0.2, 0) is 4.79 Å². The van der Waals surface area contributed by atoms with Crippen molar-refractivity contribution in [2.24, 2.45) is 5.92 Å². The summed E-state index contributed by atoms with van der Waals surface area (Å²) >= 11 is 0. The molecule has 2 amide bonds. The first-order chi connectivity index (χ1) is 12.9. The topological polar surface area (TPSA) is 70.7 Å². The third kappa shape index (κ3) is 6.24. The lowest BCUT2D eigenvalue weighted by molar-refractivity contribution is -0.125. The van der Waals surface area contributed by atoms with Crippen molar-refractivity contribution in [3.05, 3.63) is 29.8 Å². The maximum absolute atomic E-state index is 12.8. The number of carbonyl (C=O) groups excluding carboxylic acids is 2. The number of ether oxygens (including phenoxy) is 1. The van der Waals surface area contributed by atoms with Gasteiger partial charge in [0.05, 0.1) is 6.61 Å². The molecule has 27 heavy (non-hydrogen) atoms. The second-order valence-electron chi connectivity index (χ2n) is 7.37. The van der Waals surface area contributed by atoms with Crippen molar-refractivity contribution in [2.75, 3.05) is 26.2 Å². The van der Waals surface area contributed by atoms with Crippen molar-refractivity contribution in [3.8, 4) is 5.75 Å². The van der Waals surface area contributed by atoms with E-state index in [9.17, 15) is 9.59 Å². The van der Waals surface area contributed by atoms with Gasteiger partial charge in [0.25, 0.3) is 5.91 Å². The van der Waals surface area contributed by atoms with E-state index in [-0.39, 0.29) is 23.8 Å². The SMILES string of the molecule is CCOc1ccc(C(=O)N[C@@H](C(=O)NC2CCN(CC)CC2)C(C)C)cc1. The molecule has 1 saturated heterocycles. The first-order valence-electron chi connectivity index (χ1n) is 10.0. The summed E-state index contributed by atoms with van der Waals surface area (Å²) in [5.74, 6) is 0.393. The number of carbonyl (C=O) groups is 2. The molecule has 0 unspecified atom stereocenters. The molecule has 6 nitrogen and oxygen atoms in total. The number of hydrogen-bond acceptors (Lipinski definition) is 4. The van der Waals surface area contributed by atoms with Crippen LogP contribution in [0.5, 0.6) is 5.75 Å². The molecular weight excluding hydrogens is 342 g/mol. The maximum atomic E-state index is 12.8. The Kier molecular flexibility index (Phi) is 8.10. The van der Waals surface area contributed by atoms with Gasteiger partial charge >= 0.3 is 0 Å². The fourth-order valence-electron chi connectivity index (χ4n) is 3.31. The highest BCUT2D eigenvalue weighted by Crippen LogP contribution is 2.14. The molecule has 0 saturated carbocycles. The van der Waals surface area contributed by atoms with Crippen LogP contribution in [0.3, 0.4) is 0 Å². The van der Waals surface area contributed by atoms with Gasteiger partial charge in [-0.25, -0.2) is 0 Å². The molecule has 0 aromatic heterocycles. The first kappa shape index (κ1) is 21.2. The lowest BCUT2D eigenvalue weighted by Gasteiger charge is -2.33. The number of hydrogen-bond donors (Lipinski definition) is 2. The Morgan fingerprint density at radius 3 is 2.30 bits per heavy atom. The molecule has 1 aromatic rings. The fraction of sp³-hybridized carbons (Fsp3) is 0.619. The molecule has 2 rings (SSSR count). The molecule has 0 aliphatic carbocycles. The molecule has 0 spiro atoms. The van der Waals surface area contributed by atoms with Crippen molar-refractivity contribution >= 4 is 11.8 Å². The summed E-state index contributed by atoms with van der Waals surface area (Å²) < 4.78 is 5.40. The molecule has 150 valence electrons. The van der Waals surface area contributed by atoms with Crippen molar-refractivity contribution < 1.29 is 14.3 Å². The summed E-state index contributed by atoms with van der Waals surface area (Å²) in [6.45, 7) is 11.6. The smallest absolute Gasteiger partial charge is 0.251 e. The van der Waals surface area contributed by atoms with Gasteiger partial charge in [0, 0.05) is 24.7 Å². The summed E-state index contributed by atoms with van der Waals surface area (Å²) in [4.78, 5) is 27.7. The van der Waals surface area contributed by atoms with E-state index < -0.39 is 6.04 Å². The number of nitrogens with one attached hydrogen (secondary N) is 2. The van der Waals surface area contributed by atoms with Gasteiger partial charge in [0.2, 0.25) is 5.91 Å². The molecule has 1 atom stereocenters. The van der Waals surface area contributed by atoms with Gasteiger partial charge in [-0.15, -0.1) is 0 Å². The number of amides is 2. The number of rotatable bonds is 8. The molecule has 1 aliphatic heterocycles. The Balaban J connectivity index is 1.93. The zero-order chi connectivity index (χ0) is 19.8. The molecule has 1 aromatic carbocycles. The predicted octanol–water partition coefficient (Wildman–Crippen LogP) is 2.44. The molecule has 1 heterocycles. The Morgan fingerprint density at radius 2 is 1.78 bits per heavy atom. The van der Waals surface area contributed by atoms with E-state index in [2.05, 4.69) is 22.5 Å². The number of benzene rings is 1. The van der Waals surface area contributed by atoms with Gasteiger partial charge in [-0.05, 0) is 56.5 Å². The summed E-state index contributed by atoms with van der Waals surface area (Å²) in [5, 5.41) is 6.02. The predicted molar refractivity (Wildman–Crippen MR) is 107 cm³/mol. The fourth-order valence-corrected chi connectivity index (χ4v) is 3.31. The van der Waals surface area contributed by atoms with E-state index in [1.807, 2.05) is 20.8 Å². The minimum Gasteiger partial charge on any atom is -0.494 e. The van der Waals surface area contributed by atoms with Gasteiger partial charge in [-0.2, -0.15) is 0 Å². The second kappa shape index (κ2) is 10.3. The van der Waals surface area contributed by atoms with Gasteiger partial charge in [-0.1, -0.05) is 20.8 Å². The van der Waals surface area contributed by atoms with Crippen LogP contribution in [0.1, 0.15) is 50.9 Å². The quantitative estimate of drug-likeness (QED) is 0.732. The van der Waals surface area contributed by atoms with E-state index in [0.717, 1.165) is 38.2 Å². The van der Waals surface area contributed by atoms with Crippen LogP contribution in [-0.4, -0.2) is 55.0 Å². The second-order valence-corrected chi connectivity index (χ2v) is 7.37. The van der Waals surface area contributed by atoms with E-state index >= 15 is 0 Å². The summed E-state index contributed by atoms with van der Waals surface area (Å²) in [6, 6.07) is 6.61. The number of piperidine rings is 1. The summed E-state index contributed by atoms with van der Waals surface area (Å²) in [7, 11) is 0. The van der Waals surface area contributed by atoms with E-state index in [1.54, 1.807) is 24.3 Å². The number of likely N-dealkylation sites (tertiary alicyclic amines) is 1. The summed E-state index contributed by atoms with van der Waals surface area (Å²) in [6.07, 6.45) is 1.91. The molecular formula is C21H33N3O3. The maximum Gasteiger partial charge on any atom is 0.251 e. The van der Waals surface area contributed by atoms with Crippen LogP contribution in [0.25, 0.3) is 0 Å². The van der Waals surface area contributed by atoms with Crippen LogP contribution < -0.4 is 15.4 Å². The zero-order valence-electron chi connectivity index (χ0n) is 17.0. The highest BCUT2D eigenvalue weighted by Gasteiger charge is 2.28. The average Bonchev–Trinajstić information content (AvgIpc) is 2.67. The Hall–Kier alpha value is -2.08. The molecule has 2 N–H and O–H groups in total. The van der Waals surface area contributed by atoms with E-state index in [1.165, 1.54) is 0 Å². The van der Waals surface area contributed by atoms with Crippen LogP contribution in [0, 0.1) is 5.92 Å². The first-order valence-corrected chi connectivity index (χ1v) is 10.0. The van der Waals surface area contributed by atoms with Gasteiger partial charge in [0.15, 0.2) is 0 Å². The van der Waals surface area contributed by atoms with Crippen LogP contribution >= 0.6 is 0 Å². The molecule has 6 heteroatoms.